The fourth-order valence-corrected chi connectivity index (χ4v) is 2.33. The molecule has 1 unspecified atom stereocenters. The molecule has 0 radical (unpaired) electrons. The predicted molar refractivity (Wildman–Crippen MR) is 77.5 cm³/mol. The summed E-state index contributed by atoms with van der Waals surface area (Å²) in [5.41, 5.74) is 0.586. The molecule has 1 aromatic carbocycles. The molecule has 0 aliphatic carbocycles. The molecule has 0 spiro atoms. The van der Waals surface area contributed by atoms with Crippen molar-refractivity contribution in [1.29, 1.82) is 0 Å². The third-order valence-electron chi connectivity index (χ3n) is 3.40. The van der Waals surface area contributed by atoms with Gasteiger partial charge in [-0.25, -0.2) is 0 Å². The van der Waals surface area contributed by atoms with Crippen molar-refractivity contribution in [2.75, 3.05) is 26.8 Å². The molecule has 0 bridgehead atoms. The molecule has 0 saturated carbocycles. The minimum absolute atomic E-state index is 0.0833. The molecule has 1 atom stereocenters. The molecule has 1 amide bonds. The van der Waals surface area contributed by atoms with Gasteiger partial charge in [0.2, 0.25) is 0 Å². The Balaban J connectivity index is 1.98. The zero-order valence-electron chi connectivity index (χ0n) is 12.1. The molecular formula is C15H22N2O3. The van der Waals surface area contributed by atoms with Crippen molar-refractivity contribution in [3.63, 3.8) is 0 Å². The molecule has 20 heavy (non-hydrogen) atoms. The summed E-state index contributed by atoms with van der Waals surface area (Å²) in [5, 5.41) is 6.30. The van der Waals surface area contributed by atoms with E-state index in [2.05, 4.69) is 10.6 Å². The molecule has 2 N–H and O–H groups in total. The Morgan fingerprint density at radius 1 is 1.45 bits per heavy atom. The second kappa shape index (κ2) is 7.14. The number of ether oxygens (including phenoxy) is 2. The average Bonchev–Trinajstić information content (AvgIpc) is 2.98. The van der Waals surface area contributed by atoms with Crippen LogP contribution in [0.5, 0.6) is 11.5 Å². The van der Waals surface area contributed by atoms with Gasteiger partial charge in [0, 0.05) is 18.2 Å². The van der Waals surface area contributed by atoms with Gasteiger partial charge in [-0.2, -0.15) is 0 Å². The van der Waals surface area contributed by atoms with E-state index in [4.69, 9.17) is 9.47 Å². The Morgan fingerprint density at radius 2 is 2.30 bits per heavy atom. The minimum Gasteiger partial charge on any atom is -0.493 e. The van der Waals surface area contributed by atoms with Crippen molar-refractivity contribution in [3.05, 3.63) is 23.8 Å². The number of rotatable bonds is 6. The standard InChI is InChI=1S/C15H22N2O3/c1-3-20-13-7-6-11(9-14(13)19-2)15(18)17-10-12-5-4-8-16-12/h6-7,9,12,16H,3-5,8,10H2,1-2H3,(H,17,18). The summed E-state index contributed by atoms with van der Waals surface area (Å²) in [5.74, 6) is 1.16. The van der Waals surface area contributed by atoms with Crippen LogP contribution in [0.1, 0.15) is 30.1 Å². The molecule has 1 aromatic rings. The summed E-state index contributed by atoms with van der Waals surface area (Å²) < 4.78 is 10.7. The number of amides is 1. The van der Waals surface area contributed by atoms with Crippen molar-refractivity contribution < 1.29 is 14.3 Å². The number of carbonyl (C=O) groups excluding carboxylic acids is 1. The smallest absolute Gasteiger partial charge is 0.251 e. The van der Waals surface area contributed by atoms with Crippen molar-refractivity contribution in [3.8, 4) is 11.5 Å². The molecule has 5 heteroatoms. The lowest BCUT2D eigenvalue weighted by Crippen LogP contribution is -2.37. The van der Waals surface area contributed by atoms with Gasteiger partial charge in [0.15, 0.2) is 11.5 Å². The van der Waals surface area contributed by atoms with E-state index in [0.717, 1.165) is 13.0 Å². The van der Waals surface area contributed by atoms with Gasteiger partial charge in [0.25, 0.3) is 5.91 Å². The topological polar surface area (TPSA) is 59.6 Å². The van der Waals surface area contributed by atoms with Gasteiger partial charge >= 0.3 is 0 Å². The molecule has 2 rings (SSSR count). The van der Waals surface area contributed by atoms with E-state index in [1.807, 2.05) is 6.92 Å². The average molecular weight is 278 g/mol. The lowest BCUT2D eigenvalue weighted by Gasteiger charge is -2.13. The number of carbonyl (C=O) groups is 1. The number of nitrogens with one attached hydrogen (secondary N) is 2. The van der Waals surface area contributed by atoms with Crippen LogP contribution in [0.3, 0.4) is 0 Å². The largest absolute Gasteiger partial charge is 0.493 e. The summed E-state index contributed by atoms with van der Waals surface area (Å²) >= 11 is 0. The van der Waals surface area contributed by atoms with Gasteiger partial charge in [-0.3, -0.25) is 4.79 Å². The minimum atomic E-state index is -0.0833. The first-order valence-corrected chi connectivity index (χ1v) is 7.07. The highest BCUT2D eigenvalue weighted by Gasteiger charge is 2.16. The summed E-state index contributed by atoms with van der Waals surface area (Å²) in [4.78, 5) is 12.1. The Bertz CT molecular complexity index is 456. The van der Waals surface area contributed by atoms with Gasteiger partial charge in [-0.1, -0.05) is 0 Å². The van der Waals surface area contributed by atoms with E-state index in [0.29, 0.717) is 36.3 Å². The van der Waals surface area contributed by atoms with Crippen LogP contribution in [0.25, 0.3) is 0 Å². The molecule has 110 valence electrons. The molecule has 1 aliphatic rings. The maximum absolute atomic E-state index is 12.1. The van der Waals surface area contributed by atoms with Gasteiger partial charge < -0.3 is 20.1 Å². The summed E-state index contributed by atoms with van der Waals surface area (Å²) in [6, 6.07) is 5.63. The maximum atomic E-state index is 12.1. The predicted octanol–water partition coefficient (Wildman–Crippen LogP) is 1.58. The maximum Gasteiger partial charge on any atom is 0.251 e. The van der Waals surface area contributed by atoms with Crippen LogP contribution in [0.4, 0.5) is 0 Å². The van der Waals surface area contributed by atoms with Crippen molar-refractivity contribution >= 4 is 5.91 Å². The quantitative estimate of drug-likeness (QED) is 0.829. The van der Waals surface area contributed by atoms with E-state index in [9.17, 15) is 4.79 Å². The lowest BCUT2D eigenvalue weighted by atomic mass is 10.1. The van der Waals surface area contributed by atoms with Crippen molar-refractivity contribution in [2.24, 2.45) is 0 Å². The first kappa shape index (κ1) is 14.7. The Hall–Kier alpha value is -1.75. The Kier molecular flexibility index (Phi) is 5.24. The summed E-state index contributed by atoms with van der Waals surface area (Å²) in [6.07, 6.45) is 2.30. The van der Waals surface area contributed by atoms with Crippen molar-refractivity contribution in [2.45, 2.75) is 25.8 Å². The number of benzene rings is 1. The number of methoxy groups -OCH3 is 1. The van der Waals surface area contributed by atoms with Crippen LogP contribution < -0.4 is 20.1 Å². The normalized spacial score (nSPS) is 17.8. The second-order valence-electron chi connectivity index (χ2n) is 4.80. The highest BCUT2D eigenvalue weighted by molar-refractivity contribution is 5.94. The third-order valence-corrected chi connectivity index (χ3v) is 3.40. The highest BCUT2D eigenvalue weighted by Crippen LogP contribution is 2.27. The summed E-state index contributed by atoms with van der Waals surface area (Å²) in [6.45, 7) is 4.18. The molecule has 5 nitrogen and oxygen atoms in total. The molecule has 1 saturated heterocycles. The van der Waals surface area contributed by atoms with Crippen LogP contribution in [-0.2, 0) is 0 Å². The Labute approximate surface area is 119 Å². The van der Waals surface area contributed by atoms with Crippen molar-refractivity contribution in [1.82, 2.24) is 10.6 Å². The molecule has 1 heterocycles. The van der Waals surface area contributed by atoms with Gasteiger partial charge in [0.05, 0.1) is 13.7 Å². The van der Waals surface area contributed by atoms with E-state index in [1.165, 1.54) is 6.42 Å². The van der Waals surface area contributed by atoms with E-state index in [1.54, 1.807) is 25.3 Å². The zero-order chi connectivity index (χ0) is 14.4. The zero-order valence-corrected chi connectivity index (χ0v) is 12.1. The summed E-state index contributed by atoms with van der Waals surface area (Å²) in [7, 11) is 1.57. The van der Waals surface area contributed by atoms with Gasteiger partial charge in [-0.15, -0.1) is 0 Å². The molecule has 0 aromatic heterocycles. The molecular weight excluding hydrogens is 256 g/mol. The Morgan fingerprint density at radius 3 is 2.95 bits per heavy atom. The lowest BCUT2D eigenvalue weighted by molar-refractivity contribution is 0.0950. The fourth-order valence-electron chi connectivity index (χ4n) is 2.33. The van der Waals surface area contributed by atoms with Gasteiger partial charge in [-0.05, 0) is 44.5 Å². The van der Waals surface area contributed by atoms with E-state index >= 15 is 0 Å². The van der Waals surface area contributed by atoms with Gasteiger partial charge in [0.1, 0.15) is 0 Å². The third kappa shape index (κ3) is 3.63. The number of hydrogen-bond donors (Lipinski definition) is 2. The SMILES string of the molecule is CCOc1ccc(C(=O)NCC2CCCN2)cc1OC. The fraction of sp³-hybridized carbons (Fsp3) is 0.533. The monoisotopic (exact) mass is 278 g/mol. The van der Waals surface area contributed by atoms with Crippen LogP contribution >= 0.6 is 0 Å². The first-order chi connectivity index (χ1) is 9.74. The van der Waals surface area contributed by atoms with E-state index < -0.39 is 0 Å². The highest BCUT2D eigenvalue weighted by atomic mass is 16.5. The number of hydrogen-bond acceptors (Lipinski definition) is 4. The molecule has 1 fully saturated rings. The van der Waals surface area contributed by atoms with Crippen LogP contribution in [0, 0.1) is 0 Å². The molecule has 1 aliphatic heterocycles. The van der Waals surface area contributed by atoms with E-state index in [-0.39, 0.29) is 5.91 Å². The van der Waals surface area contributed by atoms with Crippen LogP contribution in [0.15, 0.2) is 18.2 Å². The first-order valence-electron chi connectivity index (χ1n) is 7.07. The van der Waals surface area contributed by atoms with Crippen LogP contribution in [0.2, 0.25) is 0 Å². The van der Waals surface area contributed by atoms with Crippen LogP contribution in [-0.4, -0.2) is 38.8 Å². The second-order valence-corrected chi connectivity index (χ2v) is 4.80.